The molecule has 1 atom stereocenters. The normalized spacial score (nSPS) is 18.8. The summed E-state index contributed by atoms with van der Waals surface area (Å²) < 4.78 is 0. The van der Waals surface area contributed by atoms with Crippen LogP contribution in [0.3, 0.4) is 0 Å². The minimum absolute atomic E-state index is 0.170. The molecule has 2 rings (SSSR count). The first-order valence-corrected chi connectivity index (χ1v) is 8.22. The van der Waals surface area contributed by atoms with E-state index in [1.807, 2.05) is 35.8 Å². The molecular weight excluding hydrogens is 268 g/mol. The number of likely N-dealkylation sites (tertiary alicyclic amines) is 1. The number of nitrogens with zero attached hydrogens (tertiary/aromatic N) is 1. The molecule has 0 saturated carbocycles. The highest BCUT2D eigenvalue weighted by Gasteiger charge is 2.28. The summed E-state index contributed by atoms with van der Waals surface area (Å²) >= 11 is 1.82. The Hall–Kier alpha value is -1.00. The molecule has 3 nitrogen and oxygen atoms in total. The average molecular weight is 292 g/mol. The fourth-order valence-corrected chi connectivity index (χ4v) is 3.50. The van der Waals surface area contributed by atoms with Crippen molar-refractivity contribution in [1.82, 2.24) is 10.2 Å². The first-order chi connectivity index (χ1) is 9.61. The van der Waals surface area contributed by atoms with Crippen LogP contribution in [0.25, 0.3) is 0 Å². The Bertz CT molecular complexity index is 444. The van der Waals surface area contributed by atoms with Crippen LogP contribution in [0, 0.1) is 0 Å². The van der Waals surface area contributed by atoms with E-state index in [0.717, 1.165) is 31.5 Å². The van der Waals surface area contributed by atoms with Crippen molar-refractivity contribution in [3.05, 3.63) is 29.8 Å². The van der Waals surface area contributed by atoms with Crippen LogP contribution in [0.5, 0.6) is 0 Å². The number of carbonyl (C=O) groups excluding carboxylic acids is 1. The minimum atomic E-state index is 0.170. The molecule has 0 radical (unpaired) electrons. The summed E-state index contributed by atoms with van der Waals surface area (Å²) in [7, 11) is 1.94. The fourth-order valence-electron chi connectivity index (χ4n) is 2.66. The van der Waals surface area contributed by atoms with Crippen LogP contribution in [-0.4, -0.2) is 42.2 Å². The Morgan fingerprint density at radius 1 is 1.40 bits per heavy atom. The van der Waals surface area contributed by atoms with Crippen LogP contribution in [0.1, 0.15) is 37.0 Å². The van der Waals surface area contributed by atoms with Gasteiger partial charge in [-0.05, 0) is 44.2 Å². The van der Waals surface area contributed by atoms with Crippen molar-refractivity contribution in [3.63, 3.8) is 0 Å². The SMILES string of the molecule is CNCC1CCCN1C(=O)c1ccc(SC(C)C)cc1. The molecule has 1 N–H and O–H groups in total. The molecule has 1 fully saturated rings. The molecule has 1 unspecified atom stereocenters. The molecule has 1 amide bonds. The molecule has 1 aliphatic heterocycles. The first kappa shape index (κ1) is 15.4. The average Bonchev–Trinajstić information content (AvgIpc) is 2.87. The van der Waals surface area contributed by atoms with Gasteiger partial charge in [-0.25, -0.2) is 0 Å². The Morgan fingerprint density at radius 2 is 2.10 bits per heavy atom. The van der Waals surface area contributed by atoms with E-state index in [9.17, 15) is 4.79 Å². The quantitative estimate of drug-likeness (QED) is 0.847. The van der Waals surface area contributed by atoms with Crippen molar-refractivity contribution < 1.29 is 4.79 Å². The molecule has 1 saturated heterocycles. The van der Waals surface area contributed by atoms with Gasteiger partial charge in [0.15, 0.2) is 0 Å². The van der Waals surface area contributed by atoms with E-state index in [1.165, 1.54) is 4.90 Å². The molecule has 110 valence electrons. The fraction of sp³-hybridized carbons (Fsp3) is 0.562. The molecular formula is C16H24N2OS. The number of amides is 1. The van der Waals surface area contributed by atoms with Crippen LogP contribution in [-0.2, 0) is 0 Å². The highest BCUT2D eigenvalue weighted by Crippen LogP contribution is 2.24. The molecule has 1 heterocycles. The number of likely N-dealkylation sites (N-methyl/N-ethyl adjacent to an activating group) is 1. The topological polar surface area (TPSA) is 32.3 Å². The smallest absolute Gasteiger partial charge is 0.254 e. The lowest BCUT2D eigenvalue weighted by molar-refractivity contribution is 0.0737. The summed E-state index contributed by atoms with van der Waals surface area (Å²) in [6.07, 6.45) is 2.22. The lowest BCUT2D eigenvalue weighted by atomic mass is 10.1. The van der Waals surface area contributed by atoms with Crippen molar-refractivity contribution in [2.24, 2.45) is 0 Å². The lowest BCUT2D eigenvalue weighted by Crippen LogP contribution is -2.40. The Labute approximate surface area is 126 Å². The Morgan fingerprint density at radius 3 is 2.70 bits per heavy atom. The van der Waals surface area contributed by atoms with Gasteiger partial charge in [-0.2, -0.15) is 0 Å². The minimum Gasteiger partial charge on any atom is -0.334 e. The van der Waals surface area contributed by atoms with Crippen LogP contribution in [0.4, 0.5) is 0 Å². The number of nitrogens with one attached hydrogen (secondary N) is 1. The highest BCUT2D eigenvalue weighted by atomic mass is 32.2. The van der Waals surface area contributed by atoms with Gasteiger partial charge in [0.2, 0.25) is 0 Å². The van der Waals surface area contributed by atoms with Crippen molar-refractivity contribution in [2.45, 2.75) is 42.9 Å². The van der Waals surface area contributed by atoms with Crippen LogP contribution >= 0.6 is 11.8 Å². The van der Waals surface area contributed by atoms with E-state index in [4.69, 9.17) is 0 Å². The van der Waals surface area contributed by atoms with E-state index in [0.29, 0.717) is 11.3 Å². The summed E-state index contributed by atoms with van der Waals surface area (Å²) in [6.45, 7) is 6.12. The maximum absolute atomic E-state index is 12.6. The molecule has 0 aromatic heterocycles. The second-order valence-corrected chi connectivity index (χ2v) is 7.19. The second-order valence-electron chi connectivity index (χ2n) is 5.54. The van der Waals surface area contributed by atoms with Gasteiger partial charge < -0.3 is 10.2 Å². The Balaban J connectivity index is 2.05. The van der Waals surface area contributed by atoms with Gasteiger partial charge in [0.25, 0.3) is 5.91 Å². The molecule has 1 aromatic rings. The predicted octanol–water partition coefficient (Wildman–Crippen LogP) is 3.01. The zero-order valence-corrected chi connectivity index (χ0v) is 13.4. The number of benzene rings is 1. The van der Waals surface area contributed by atoms with Crippen LogP contribution < -0.4 is 5.32 Å². The second kappa shape index (κ2) is 7.14. The van der Waals surface area contributed by atoms with Crippen molar-refractivity contribution >= 4 is 17.7 Å². The summed E-state index contributed by atoms with van der Waals surface area (Å²) in [5.74, 6) is 0.170. The van der Waals surface area contributed by atoms with Gasteiger partial charge in [0.1, 0.15) is 0 Å². The molecule has 20 heavy (non-hydrogen) atoms. The number of thioether (sulfide) groups is 1. The molecule has 1 aliphatic rings. The summed E-state index contributed by atoms with van der Waals surface area (Å²) in [6, 6.07) is 8.38. The van der Waals surface area contributed by atoms with Gasteiger partial charge in [-0.3, -0.25) is 4.79 Å². The zero-order chi connectivity index (χ0) is 14.5. The van der Waals surface area contributed by atoms with Gasteiger partial charge in [0.05, 0.1) is 0 Å². The van der Waals surface area contributed by atoms with Crippen molar-refractivity contribution in [1.29, 1.82) is 0 Å². The number of rotatable bonds is 5. The standard InChI is InChI=1S/C16H24N2OS/c1-12(2)20-15-8-6-13(7-9-15)16(19)18-10-4-5-14(18)11-17-3/h6-9,12,14,17H,4-5,10-11H2,1-3H3. The number of carbonyl (C=O) groups is 1. The van der Waals surface area contributed by atoms with Crippen molar-refractivity contribution in [2.75, 3.05) is 20.1 Å². The molecule has 0 bridgehead atoms. The van der Waals surface area contributed by atoms with E-state index in [2.05, 4.69) is 31.3 Å². The van der Waals surface area contributed by atoms with E-state index in [1.54, 1.807) is 0 Å². The molecule has 0 spiro atoms. The summed E-state index contributed by atoms with van der Waals surface area (Å²) in [5, 5.41) is 3.74. The first-order valence-electron chi connectivity index (χ1n) is 7.34. The van der Waals surface area contributed by atoms with E-state index in [-0.39, 0.29) is 5.91 Å². The summed E-state index contributed by atoms with van der Waals surface area (Å²) in [4.78, 5) is 15.8. The highest BCUT2D eigenvalue weighted by molar-refractivity contribution is 7.99. The maximum Gasteiger partial charge on any atom is 0.254 e. The lowest BCUT2D eigenvalue weighted by Gasteiger charge is -2.24. The number of hydrogen-bond acceptors (Lipinski definition) is 3. The zero-order valence-electron chi connectivity index (χ0n) is 12.6. The largest absolute Gasteiger partial charge is 0.334 e. The van der Waals surface area contributed by atoms with Crippen LogP contribution in [0.15, 0.2) is 29.2 Å². The number of hydrogen-bond donors (Lipinski definition) is 1. The molecule has 4 heteroatoms. The monoisotopic (exact) mass is 292 g/mol. The third-order valence-corrected chi connectivity index (χ3v) is 4.57. The predicted molar refractivity (Wildman–Crippen MR) is 85.4 cm³/mol. The van der Waals surface area contributed by atoms with E-state index < -0.39 is 0 Å². The summed E-state index contributed by atoms with van der Waals surface area (Å²) in [5.41, 5.74) is 0.807. The van der Waals surface area contributed by atoms with Gasteiger partial charge >= 0.3 is 0 Å². The third-order valence-electron chi connectivity index (χ3n) is 3.55. The van der Waals surface area contributed by atoms with E-state index >= 15 is 0 Å². The Kier molecular flexibility index (Phi) is 5.49. The van der Waals surface area contributed by atoms with Crippen molar-refractivity contribution in [3.8, 4) is 0 Å². The maximum atomic E-state index is 12.6. The van der Waals surface area contributed by atoms with Crippen LogP contribution in [0.2, 0.25) is 0 Å². The molecule has 0 aliphatic carbocycles. The van der Waals surface area contributed by atoms with Gasteiger partial charge in [-0.1, -0.05) is 13.8 Å². The van der Waals surface area contributed by atoms with Gasteiger partial charge in [0, 0.05) is 34.8 Å². The third kappa shape index (κ3) is 3.76. The van der Waals surface area contributed by atoms with Gasteiger partial charge in [-0.15, -0.1) is 11.8 Å². The molecule has 1 aromatic carbocycles.